The van der Waals surface area contributed by atoms with E-state index >= 15 is 0 Å². The maximum atomic E-state index is 12.3. The number of amides is 1. The van der Waals surface area contributed by atoms with Crippen LogP contribution in [-0.2, 0) is 4.79 Å². The maximum absolute atomic E-state index is 12.3. The Morgan fingerprint density at radius 3 is 2.76 bits per heavy atom. The van der Waals surface area contributed by atoms with E-state index in [-0.39, 0.29) is 29.8 Å². The minimum Gasteiger partial charge on any atom is -0.311 e. The van der Waals surface area contributed by atoms with Gasteiger partial charge in [0.1, 0.15) is 5.82 Å². The number of aromatic nitrogens is 2. The van der Waals surface area contributed by atoms with Crippen molar-refractivity contribution in [3.8, 4) is 0 Å². The zero-order valence-electron chi connectivity index (χ0n) is 11.8. The highest BCUT2D eigenvalue weighted by Crippen LogP contribution is 2.36. The predicted octanol–water partition coefficient (Wildman–Crippen LogP) is 2.88. The van der Waals surface area contributed by atoms with Crippen molar-refractivity contribution in [2.24, 2.45) is 0 Å². The van der Waals surface area contributed by atoms with E-state index in [9.17, 15) is 9.59 Å². The van der Waals surface area contributed by atoms with E-state index in [0.29, 0.717) is 16.4 Å². The molecule has 21 heavy (non-hydrogen) atoms. The van der Waals surface area contributed by atoms with Gasteiger partial charge in [-0.25, -0.2) is 0 Å². The molecule has 2 N–H and O–H groups in total. The second-order valence-corrected chi connectivity index (χ2v) is 5.96. The Hall–Kier alpha value is -2.01. The monoisotopic (exact) mass is 305 g/mol. The second kappa shape index (κ2) is 5.07. The van der Waals surface area contributed by atoms with Crippen LogP contribution < -0.4 is 10.9 Å². The third-order valence-corrected chi connectivity index (χ3v) is 3.96. The number of carbonyl (C=O) groups excluding carboxylic acids is 1. The molecule has 0 saturated carbocycles. The van der Waals surface area contributed by atoms with Gasteiger partial charge in [-0.15, -0.1) is 0 Å². The van der Waals surface area contributed by atoms with E-state index in [2.05, 4.69) is 10.4 Å². The van der Waals surface area contributed by atoms with Gasteiger partial charge in [0.2, 0.25) is 5.91 Å². The van der Waals surface area contributed by atoms with Gasteiger partial charge in [-0.05, 0) is 31.5 Å². The molecular formula is C15H16ClN3O2. The molecule has 0 fully saturated rings. The van der Waals surface area contributed by atoms with Crippen molar-refractivity contribution in [3.63, 3.8) is 0 Å². The average molecular weight is 306 g/mol. The van der Waals surface area contributed by atoms with Crippen molar-refractivity contribution < 1.29 is 4.79 Å². The molecule has 3 rings (SSSR count). The molecule has 0 unspecified atom stereocenters. The summed E-state index contributed by atoms with van der Waals surface area (Å²) in [7, 11) is 0. The summed E-state index contributed by atoms with van der Waals surface area (Å²) in [5.41, 5.74) is 1.32. The van der Waals surface area contributed by atoms with Crippen molar-refractivity contribution in [2.45, 2.75) is 32.2 Å². The first-order valence-electron chi connectivity index (χ1n) is 6.87. The predicted molar refractivity (Wildman–Crippen MR) is 82.0 cm³/mol. The quantitative estimate of drug-likeness (QED) is 0.896. The van der Waals surface area contributed by atoms with Crippen LogP contribution in [0, 0.1) is 0 Å². The van der Waals surface area contributed by atoms with Gasteiger partial charge < -0.3 is 5.32 Å². The number of H-pyrrole nitrogens is 1. The fourth-order valence-corrected chi connectivity index (χ4v) is 2.98. The fraction of sp³-hybridized carbons (Fsp3) is 0.333. The third kappa shape index (κ3) is 2.38. The van der Waals surface area contributed by atoms with Crippen LogP contribution in [0.3, 0.4) is 0 Å². The minimum absolute atomic E-state index is 0.0554. The number of rotatable bonds is 2. The summed E-state index contributed by atoms with van der Waals surface area (Å²) in [5.74, 6) is 0.202. The Bertz CT molecular complexity index is 761. The Kier molecular flexibility index (Phi) is 3.37. The van der Waals surface area contributed by atoms with Gasteiger partial charge in [-0.1, -0.05) is 23.7 Å². The molecule has 1 aromatic heterocycles. The molecule has 0 aliphatic carbocycles. The lowest BCUT2D eigenvalue weighted by molar-refractivity contribution is -0.116. The zero-order valence-corrected chi connectivity index (χ0v) is 12.6. The lowest BCUT2D eigenvalue weighted by atomic mass is 9.87. The topological polar surface area (TPSA) is 66.9 Å². The van der Waals surface area contributed by atoms with Crippen molar-refractivity contribution in [3.05, 3.63) is 50.8 Å². The van der Waals surface area contributed by atoms with Crippen molar-refractivity contribution in [2.75, 3.05) is 5.32 Å². The summed E-state index contributed by atoms with van der Waals surface area (Å²) in [6.07, 6.45) is 0.249. The summed E-state index contributed by atoms with van der Waals surface area (Å²) >= 11 is 6.03. The van der Waals surface area contributed by atoms with Crippen molar-refractivity contribution in [1.82, 2.24) is 9.78 Å². The summed E-state index contributed by atoms with van der Waals surface area (Å²) < 4.78 is 1.70. The molecule has 2 aromatic rings. The second-order valence-electron chi connectivity index (χ2n) is 5.53. The number of hydrogen-bond donors (Lipinski definition) is 2. The molecule has 6 heteroatoms. The average Bonchev–Trinajstić information content (AvgIpc) is 2.75. The first-order chi connectivity index (χ1) is 9.97. The first-order valence-corrected chi connectivity index (χ1v) is 7.25. The molecule has 110 valence electrons. The maximum Gasteiger partial charge on any atom is 0.270 e. The van der Waals surface area contributed by atoms with Crippen molar-refractivity contribution >= 4 is 23.3 Å². The van der Waals surface area contributed by atoms with Crippen LogP contribution in [0.1, 0.15) is 43.4 Å². The van der Waals surface area contributed by atoms with Crippen LogP contribution >= 0.6 is 11.6 Å². The summed E-state index contributed by atoms with van der Waals surface area (Å²) in [6.45, 7) is 3.90. The third-order valence-electron chi connectivity index (χ3n) is 3.73. The molecule has 1 aromatic carbocycles. The highest BCUT2D eigenvalue weighted by Gasteiger charge is 2.32. The molecule has 0 spiro atoms. The molecule has 1 aliphatic rings. The van der Waals surface area contributed by atoms with E-state index in [4.69, 9.17) is 11.6 Å². The number of fused-ring (bicyclic) bond motifs is 1. The fourth-order valence-electron chi connectivity index (χ4n) is 2.78. The normalized spacial score (nSPS) is 17.7. The molecule has 0 radical (unpaired) electrons. The number of carbonyl (C=O) groups is 1. The number of anilines is 1. The highest BCUT2D eigenvalue weighted by molar-refractivity contribution is 6.30. The van der Waals surface area contributed by atoms with E-state index in [1.807, 2.05) is 26.0 Å². The van der Waals surface area contributed by atoms with Gasteiger partial charge in [-0.3, -0.25) is 19.4 Å². The summed E-state index contributed by atoms with van der Waals surface area (Å²) in [4.78, 5) is 24.3. The van der Waals surface area contributed by atoms with Crippen LogP contribution in [0.5, 0.6) is 0 Å². The Labute approximate surface area is 126 Å². The number of aromatic amines is 1. The van der Waals surface area contributed by atoms with E-state index in [0.717, 1.165) is 5.56 Å². The molecule has 1 amide bonds. The van der Waals surface area contributed by atoms with Crippen molar-refractivity contribution in [1.29, 1.82) is 0 Å². The number of nitrogens with zero attached hydrogens (tertiary/aromatic N) is 1. The lowest BCUT2D eigenvalue weighted by Gasteiger charge is -2.24. The summed E-state index contributed by atoms with van der Waals surface area (Å²) in [5, 5.41) is 6.20. The van der Waals surface area contributed by atoms with Crippen LogP contribution in [0.15, 0.2) is 29.1 Å². The minimum atomic E-state index is -0.267. The van der Waals surface area contributed by atoms with Crippen LogP contribution in [0.4, 0.5) is 5.82 Å². The number of nitrogens with one attached hydrogen (secondary N) is 2. The molecule has 1 atom stereocenters. The Balaban J connectivity index is 2.18. The number of benzene rings is 1. The molecule has 1 aliphatic heterocycles. The number of halogens is 1. The van der Waals surface area contributed by atoms with Gasteiger partial charge in [0, 0.05) is 23.4 Å². The Morgan fingerprint density at radius 1 is 1.33 bits per heavy atom. The molecule has 2 heterocycles. The zero-order chi connectivity index (χ0) is 15.1. The van der Waals surface area contributed by atoms with E-state index in [1.54, 1.807) is 16.8 Å². The summed E-state index contributed by atoms with van der Waals surface area (Å²) in [6, 6.07) is 7.36. The molecular weight excluding hydrogens is 290 g/mol. The lowest BCUT2D eigenvalue weighted by Crippen LogP contribution is -2.27. The van der Waals surface area contributed by atoms with Crippen LogP contribution in [-0.4, -0.2) is 15.7 Å². The van der Waals surface area contributed by atoms with Gasteiger partial charge in [0.05, 0.1) is 5.56 Å². The first kappa shape index (κ1) is 13.9. The van der Waals surface area contributed by atoms with Crippen LogP contribution in [0.2, 0.25) is 5.02 Å². The van der Waals surface area contributed by atoms with E-state index in [1.165, 1.54) is 0 Å². The molecule has 0 saturated heterocycles. The standard InChI is InChI=1S/C15H16ClN3O2/c1-8(2)19-14-13(15(21)18-19)11(7-12(20)17-14)9-4-3-5-10(16)6-9/h3-6,8,11H,7H2,1-2H3,(H,17,20)(H,18,21)/t11-/m1/s1. The number of hydrogen-bond acceptors (Lipinski definition) is 2. The van der Waals surface area contributed by atoms with Gasteiger partial charge >= 0.3 is 0 Å². The van der Waals surface area contributed by atoms with Gasteiger partial charge in [0.15, 0.2) is 0 Å². The Morgan fingerprint density at radius 2 is 2.10 bits per heavy atom. The highest BCUT2D eigenvalue weighted by atomic mass is 35.5. The van der Waals surface area contributed by atoms with Gasteiger partial charge in [0.25, 0.3) is 5.56 Å². The largest absolute Gasteiger partial charge is 0.311 e. The van der Waals surface area contributed by atoms with Crippen LogP contribution in [0.25, 0.3) is 0 Å². The molecule has 5 nitrogen and oxygen atoms in total. The van der Waals surface area contributed by atoms with Gasteiger partial charge in [-0.2, -0.15) is 0 Å². The molecule has 0 bridgehead atoms. The SMILES string of the molecule is CC(C)n1[nH]c(=O)c2c1NC(=O)C[C@@H]2c1cccc(Cl)c1. The van der Waals surface area contributed by atoms with E-state index < -0.39 is 0 Å². The smallest absolute Gasteiger partial charge is 0.270 e.